The number of fused-ring (bicyclic) bond motifs is 1. The van der Waals surface area contributed by atoms with Gasteiger partial charge in [0.1, 0.15) is 6.10 Å². The molecule has 1 amide bonds. The lowest BCUT2D eigenvalue weighted by molar-refractivity contribution is -0.142. The van der Waals surface area contributed by atoms with Crippen LogP contribution in [0.4, 0.5) is 0 Å². The SMILES string of the molecule is COC(=O)c1cccc2cc(-c3ccc(C4CC45CCN(C(=O)[C@H]4CCCO4)CC5)cc3)ccc12. The summed E-state index contributed by atoms with van der Waals surface area (Å²) in [5.74, 6) is 0.483. The number of nitrogens with zero attached hydrogens (tertiary/aromatic N) is 1. The number of likely N-dealkylation sites (tertiary alicyclic amines) is 1. The van der Waals surface area contributed by atoms with Crippen LogP contribution in [0.2, 0.25) is 0 Å². The summed E-state index contributed by atoms with van der Waals surface area (Å²) in [6.07, 6.45) is 5.07. The van der Waals surface area contributed by atoms with Crippen molar-refractivity contribution in [2.45, 2.75) is 44.1 Å². The first-order valence-corrected chi connectivity index (χ1v) is 12.7. The van der Waals surface area contributed by atoms with Gasteiger partial charge in [0, 0.05) is 19.7 Å². The molecule has 0 bridgehead atoms. The van der Waals surface area contributed by atoms with E-state index in [-0.39, 0.29) is 18.0 Å². The first-order chi connectivity index (χ1) is 17.1. The third-order valence-electron chi connectivity index (χ3n) is 8.40. The Morgan fingerprint density at radius 3 is 2.49 bits per heavy atom. The fraction of sp³-hybridized carbons (Fsp3) is 0.400. The highest BCUT2D eigenvalue weighted by molar-refractivity contribution is 6.05. The van der Waals surface area contributed by atoms with Gasteiger partial charge in [-0.25, -0.2) is 4.79 Å². The highest BCUT2D eigenvalue weighted by Gasteiger charge is 2.55. The Morgan fingerprint density at radius 1 is 1.00 bits per heavy atom. The lowest BCUT2D eigenvalue weighted by Crippen LogP contribution is -2.44. The summed E-state index contributed by atoms with van der Waals surface area (Å²) in [5, 5.41) is 1.93. The van der Waals surface area contributed by atoms with Gasteiger partial charge in [0.05, 0.1) is 12.7 Å². The van der Waals surface area contributed by atoms with E-state index < -0.39 is 0 Å². The van der Waals surface area contributed by atoms with Crippen LogP contribution in [0, 0.1) is 5.41 Å². The molecular formula is C30H31NO4. The maximum atomic E-state index is 12.7. The number of hydrogen-bond donors (Lipinski definition) is 0. The van der Waals surface area contributed by atoms with E-state index >= 15 is 0 Å². The second-order valence-corrected chi connectivity index (χ2v) is 10.3. The molecule has 0 N–H and O–H groups in total. The Bertz CT molecular complexity index is 1270. The molecule has 2 saturated heterocycles. The summed E-state index contributed by atoms with van der Waals surface area (Å²) in [7, 11) is 1.41. The molecule has 180 valence electrons. The summed E-state index contributed by atoms with van der Waals surface area (Å²) in [4.78, 5) is 26.8. The summed E-state index contributed by atoms with van der Waals surface area (Å²) in [5.41, 5.74) is 4.67. The topological polar surface area (TPSA) is 55.8 Å². The average Bonchev–Trinajstić information content (AvgIpc) is 3.32. The van der Waals surface area contributed by atoms with Crippen LogP contribution < -0.4 is 0 Å². The van der Waals surface area contributed by atoms with Gasteiger partial charge in [-0.1, -0.05) is 48.5 Å². The predicted octanol–water partition coefficient (Wildman–Crippen LogP) is 5.57. The third-order valence-corrected chi connectivity index (χ3v) is 8.40. The molecule has 6 rings (SSSR count). The Balaban J connectivity index is 1.14. The smallest absolute Gasteiger partial charge is 0.338 e. The van der Waals surface area contributed by atoms with Crippen LogP contribution in [-0.2, 0) is 14.3 Å². The number of piperidine rings is 1. The Hall–Kier alpha value is -3.18. The minimum absolute atomic E-state index is 0.200. The molecule has 1 unspecified atom stereocenters. The van der Waals surface area contributed by atoms with Crippen molar-refractivity contribution < 1.29 is 19.1 Å². The standard InChI is InChI=1S/C30H31NO4/c1-34-29(33)25-5-2-4-23-18-22(11-12-24(23)25)20-7-9-21(10-8-20)26-19-30(26)13-15-31(16-14-30)28(32)27-6-3-17-35-27/h2,4-5,7-12,18,26-27H,3,6,13-17,19H2,1H3/t26?,27-/m1/s1. The molecule has 5 heteroatoms. The monoisotopic (exact) mass is 469 g/mol. The van der Waals surface area contributed by atoms with Gasteiger partial charge < -0.3 is 14.4 Å². The van der Waals surface area contributed by atoms with E-state index in [1.54, 1.807) is 6.07 Å². The lowest BCUT2D eigenvalue weighted by Gasteiger charge is -2.34. The van der Waals surface area contributed by atoms with Crippen LogP contribution in [0.1, 0.15) is 53.9 Å². The van der Waals surface area contributed by atoms with Gasteiger partial charge in [-0.15, -0.1) is 0 Å². The Kier molecular flexibility index (Phi) is 5.60. The molecular weight excluding hydrogens is 438 g/mol. The van der Waals surface area contributed by atoms with Crippen LogP contribution in [0.25, 0.3) is 21.9 Å². The summed E-state index contributed by atoms with van der Waals surface area (Å²) < 4.78 is 10.5. The molecule has 0 radical (unpaired) electrons. The van der Waals surface area contributed by atoms with E-state index in [0.717, 1.165) is 61.7 Å². The van der Waals surface area contributed by atoms with Gasteiger partial charge in [-0.05, 0) is 83.0 Å². The summed E-state index contributed by atoms with van der Waals surface area (Å²) in [6.45, 7) is 2.44. The average molecular weight is 470 g/mol. The molecule has 3 aliphatic rings. The molecule has 5 nitrogen and oxygen atoms in total. The van der Waals surface area contributed by atoms with Crippen molar-refractivity contribution in [2.24, 2.45) is 5.41 Å². The van der Waals surface area contributed by atoms with Gasteiger partial charge in [-0.3, -0.25) is 4.79 Å². The number of carbonyl (C=O) groups excluding carboxylic acids is 2. The van der Waals surface area contributed by atoms with Crippen LogP contribution in [-0.4, -0.2) is 49.7 Å². The van der Waals surface area contributed by atoms with Gasteiger partial charge in [0.15, 0.2) is 0 Å². The zero-order chi connectivity index (χ0) is 24.0. The molecule has 2 heterocycles. The second kappa shape index (κ2) is 8.80. The van der Waals surface area contributed by atoms with Crippen molar-refractivity contribution in [3.63, 3.8) is 0 Å². The second-order valence-electron chi connectivity index (χ2n) is 10.3. The largest absolute Gasteiger partial charge is 0.465 e. The molecule has 1 aliphatic carbocycles. The summed E-state index contributed by atoms with van der Waals surface area (Å²) in [6, 6.07) is 20.9. The first-order valence-electron chi connectivity index (χ1n) is 12.7. The molecule has 3 fully saturated rings. The van der Waals surface area contributed by atoms with Crippen LogP contribution in [0.3, 0.4) is 0 Å². The number of rotatable bonds is 4. The van der Waals surface area contributed by atoms with E-state index in [9.17, 15) is 9.59 Å². The van der Waals surface area contributed by atoms with Gasteiger partial charge in [-0.2, -0.15) is 0 Å². The Labute approximate surface area is 206 Å². The molecule has 1 saturated carbocycles. The normalized spacial score (nSPS) is 22.9. The van der Waals surface area contributed by atoms with Crippen molar-refractivity contribution in [1.29, 1.82) is 0 Å². The zero-order valence-corrected chi connectivity index (χ0v) is 20.2. The molecule has 2 atom stereocenters. The molecule has 1 spiro atoms. The maximum absolute atomic E-state index is 12.7. The number of carbonyl (C=O) groups is 2. The van der Waals surface area contributed by atoms with Crippen LogP contribution >= 0.6 is 0 Å². The summed E-state index contributed by atoms with van der Waals surface area (Å²) >= 11 is 0. The number of esters is 1. The van der Waals surface area contributed by atoms with Crippen molar-refractivity contribution >= 4 is 22.6 Å². The molecule has 0 aromatic heterocycles. The van der Waals surface area contributed by atoms with Gasteiger partial charge in [0.25, 0.3) is 5.91 Å². The Morgan fingerprint density at radius 2 is 1.77 bits per heavy atom. The van der Waals surface area contributed by atoms with E-state index in [0.29, 0.717) is 16.9 Å². The molecule has 35 heavy (non-hydrogen) atoms. The van der Waals surface area contributed by atoms with E-state index in [1.165, 1.54) is 24.7 Å². The van der Waals surface area contributed by atoms with E-state index in [4.69, 9.17) is 9.47 Å². The van der Waals surface area contributed by atoms with Crippen LogP contribution in [0.5, 0.6) is 0 Å². The first kappa shape index (κ1) is 22.3. The number of benzene rings is 3. The van der Waals surface area contributed by atoms with Crippen molar-refractivity contribution in [3.8, 4) is 11.1 Å². The number of ether oxygens (including phenoxy) is 2. The maximum Gasteiger partial charge on any atom is 0.338 e. The minimum Gasteiger partial charge on any atom is -0.465 e. The van der Waals surface area contributed by atoms with Crippen LogP contribution in [0.15, 0.2) is 60.7 Å². The number of methoxy groups -OCH3 is 1. The molecule has 3 aromatic rings. The van der Waals surface area contributed by atoms with Crippen molar-refractivity contribution in [2.75, 3.05) is 26.8 Å². The van der Waals surface area contributed by atoms with E-state index in [1.807, 2.05) is 23.1 Å². The van der Waals surface area contributed by atoms with E-state index in [2.05, 4.69) is 36.4 Å². The van der Waals surface area contributed by atoms with Crippen molar-refractivity contribution in [1.82, 2.24) is 4.90 Å². The zero-order valence-electron chi connectivity index (χ0n) is 20.2. The molecule has 2 aliphatic heterocycles. The quantitative estimate of drug-likeness (QED) is 0.469. The number of amides is 1. The lowest BCUT2D eigenvalue weighted by atomic mass is 9.88. The molecule has 3 aromatic carbocycles. The highest BCUT2D eigenvalue weighted by atomic mass is 16.5. The predicted molar refractivity (Wildman–Crippen MR) is 135 cm³/mol. The van der Waals surface area contributed by atoms with Gasteiger partial charge >= 0.3 is 5.97 Å². The fourth-order valence-corrected chi connectivity index (χ4v) is 6.18. The fourth-order valence-electron chi connectivity index (χ4n) is 6.18. The highest BCUT2D eigenvalue weighted by Crippen LogP contribution is 2.65. The van der Waals surface area contributed by atoms with Crippen molar-refractivity contribution in [3.05, 3.63) is 71.8 Å². The minimum atomic E-state index is -0.312. The number of hydrogen-bond acceptors (Lipinski definition) is 4. The third kappa shape index (κ3) is 4.02. The van der Waals surface area contributed by atoms with Gasteiger partial charge in [0.2, 0.25) is 0 Å².